The van der Waals surface area contributed by atoms with E-state index < -0.39 is 4.92 Å². The van der Waals surface area contributed by atoms with Crippen LogP contribution in [0.3, 0.4) is 0 Å². The van der Waals surface area contributed by atoms with Crippen LogP contribution >= 0.6 is 0 Å². The average molecular weight is 441 g/mol. The number of hydrogen-bond acceptors (Lipinski definition) is 6. The summed E-state index contributed by atoms with van der Waals surface area (Å²) in [5.41, 5.74) is 1.54. The Hall–Kier alpha value is -3.46. The summed E-state index contributed by atoms with van der Waals surface area (Å²) in [6.07, 6.45) is 1.71. The van der Waals surface area contributed by atoms with Crippen molar-refractivity contribution in [3.63, 3.8) is 0 Å². The lowest BCUT2D eigenvalue weighted by atomic mass is 9.95. The molecule has 0 saturated carbocycles. The number of rotatable bonds is 8. The molecule has 1 saturated heterocycles. The molecule has 3 rings (SSSR count). The van der Waals surface area contributed by atoms with E-state index in [4.69, 9.17) is 4.74 Å². The minimum atomic E-state index is -0.459. The predicted octanol–water partition coefficient (Wildman–Crippen LogP) is 3.59. The lowest BCUT2D eigenvalue weighted by Crippen LogP contribution is -2.39. The third-order valence-electron chi connectivity index (χ3n) is 5.75. The maximum atomic E-state index is 12.6. The summed E-state index contributed by atoms with van der Waals surface area (Å²) in [4.78, 5) is 37.7. The molecule has 9 heteroatoms. The van der Waals surface area contributed by atoms with E-state index in [0.717, 1.165) is 13.1 Å². The monoisotopic (exact) mass is 440 g/mol. The number of anilines is 2. The number of nitro groups is 1. The average Bonchev–Trinajstić information content (AvgIpc) is 2.79. The number of carbonyl (C=O) groups is 2. The molecule has 32 heavy (non-hydrogen) atoms. The molecule has 1 aliphatic heterocycles. The van der Waals surface area contributed by atoms with E-state index in [0.29, 0.717) is 42.1 Å². The van der Waals surface area contributed by atoms with Crippen molar-refractivity contribution >= 4 is 28.9 Å². The van der Waals surface area contributed by atoms with Crippen LogP contribution in [0.1, 0.15) is 24.8 Å². The molecule has 0 unspecified atom stereocenters. The quantitative estimate of drug-likeness (QED) is 0.479. The van der Waals surface area contributed by atoms with Gasteiger partial charge < -0.3 is 20.3 Å². The lowest BCUT2D eigenvalue weighted by Gasteiger charge is -2.31. The summed E-state index contributed by atoms with van der Waals surface area (Å²) in [5.74, 6) is 0.332. The van der Waals surface area contributed by atoms with Gasteiger partial charge in [0.15, 0.2) is 0 Å². The minimum absolute atomic E-state index is 0.0173. The number of amides is 2. The third kappa shape index (κ3) is 5.82. The first kappa shape index (κ1) is 23.2. The largest absolute Gasteiger partial charge is 0.495 e. The van der Waals surface area contributed by atoms with E-state index in [1.807, 2.05) is 18.2 Å². The van der Waals surface area contributed by atoms with E-state index >= 15 is 0 Å². The van der Waals surface area contributed by atoms with Gasteiger partial charge in [0, 0.05) is 24.9 Å². The number of para-hydroxylation sites is 2. The Labute approximate surface area is 186 Å². The summed E-state index contributed by atoms with van der Waals surface area (Å²) in [5, 5.41) is 16.8. The Morgan fingerprint density at radius 2 is 1.78 bits per heavy atom. The number of benzene rings is 2. The molecule has 2 N–H and O–H groups in total. The molecule has 0 spiro atoms. The van der Waals surface area contributed by atoms with Crippen LogP contribution in [0.25, 0.3) is 0 Å². The topological polar surface area (TPSA) is 114 Å². The van der Waals surface area contributed by atoms with Crippen LogP contribution in [0.5, 0.6) is 5.75 Å². The van der Waals surface area contributed by atoms with Crippen LogP contribution in [0.15, 0.2) is 42.5 Å². The summed E-state index contributed by atoms with van der Waals surface area (Å²) < 4.78 is 5.28. The van der Waals surface area contributed by atoms with Gasteiger partial charge in [0.2, 0.25) is 11.8 Å². The Morgan fingerprint density at radius 1 is 1.09 bits per heavy atom. The van der Waals surface area contributed by atoms with Gasteiger partial charge in [-0.25, -0.2) is 0 Å². The molecule has 2 aromatic rings. The third-order valence-corrected chi connectivity index (χ3v) is 5.75. The molecule has 0 atom stereocenters. The Bertz CT molecular complexity index is 986. The fraction of sp³-hybridized carbons (Fsp3) is 0.391. The molecule has 0 aromatic heterocycles. The van der Waals surface area contributed by atoms with E-state index in [1.54, 1.807) is 32.2 Å². The van der Waals surface area contributed by atoms with Crippen LogP contribution < -0.4 is 15.4 Å². The van der Waals surface area contributed by atoms with Crippen molar-refractivity contribution < 1.29 is 19.2 Å². The summed E-state index contributed by atoms with van der Waals surface area (Å²) in [6.45, 7) is 3.65. The van der Waals surface area contributed by atoms with Gasteiger partial charge in [-0.1, -0.05) is 18.2 Å². The number of methoxy groups -OCH3 is 1. The van der Waals surface area contributed by atoms with E-state index in [-0.39, 0.29) is 29.8 Å². The molecule has 0 bridgehead atoms. The van der Waals surface area contributed by atoms with E-state index in [9.17, 15) is 19.7 Å². The summed E-state index contributed by atoms with van der Waals surface area (Å²) in [6, 6.07) is 11.9. The SMILES string of the molecule is COc1ccccc1NC(=O)C1CCN(CCC(=O)Nc2cccc([N+](=O)[O-])c2C)CC1. The molecule has 1 heterocycles. The van der Waals surface area contributed by atoms with Crippen molar-refractivity contribution in [2.24, 2.45) is 5.92 Å². The molecule has 170 valence electrons. The molecule has 2 aromatic carbocycles. The highest BCUT2D eigenvalue weighted by molar-refractivity contribution is 5.94. The van der Waals surface area contributed by atoms with Crippen molar-refractivity contribution in [2.75, 3.05) is 37.4 Å². The summed E-state index contributed by atoms with van der Waals surface area (Å²) >= 11 is 0. The molecule has 0 radical (unpaired) electrons. The maximum Gasteiger partial charge on any atom is 0.274 e. The number of nitro benzene ring substituents is 1. The van der Waals surface area contributed by atoms with Crippen molar-refractivity contribution in [2.45, 2.75) is 26.2 Å². The highest BCUT2D eigenvalue weighted by atomic mass is 16.6. The second-order valence-corrected chi connectivity index (χ2v) is 7.81. The zero-order chi connectivity index (χ0) is 23.1. The van der Waals surface area contributed by atoms with Gasteiger partial charge in [-0.3, -0.25) is 19.7 Å². The van der Waals surface area contributed by atoms with Crippen LogP contribution in [0.2, 0.25) is 0 Å². The number of likely N-dealkylation sites (tertiary alicyclic amines) is 1. The van der Waals surface area contributed by atoms with Gasteiger partial charge in [0.25, 0.3) is 5.69 Å². The fourth-order valence-electron chi connectivity index (χ4n) is 3.83. The van der Waals surface area contributed by atoms with Crippen molar-refractivity contribution in [3.05, 3.63) is 58.1 Å². The van der Waals surface area contributed by atoms with Crippen molar-refractivity contribution in [1.29, 1.82) is 0 Å². The first-order chi connectivity index (χ1) is 15.4. The molecular weight excluding hydrogens is 412 g/mol. The molecule has 0 aliphatic carbocycles. The molecular formula is C23H28N4O5. The van der Waals surface area contributed by atoms with Crippen LogP contribution in [-0.4, -0.2) is 48.4 Å². The molecule has 2 amide bonds. The van der Waals surface area contributed by atoms with Crippen LogP contribution in [0.4, 0.5) is 17.1 Å². The molecule has 9 nitrogen and oxygen atoms in total. The fourth-order valence-corrected chi connectivity index (χ4v) is 3.83. The zero-order valence-corrected chi connectivity index (χ0v) is 18.3. The number of carbonyl (C=O) groups excluding carboxylic acids is 2. The highest BCUT2D eigenvalue weighted by Gasteiger charge is 2.26. The number of ether oxygens (including phenoxy) is 1. The van der Waals surface area contributed by atoms with E-state index in [1.165, 1.54) is 6.07 Å². The zero-order valence-electron chi connectivity index (χ0n) is 18.3. The molecule has 1 aliphatic rings. The van der Waals surface area contributed by atoms with Gasteiger partial charge in [-0.15, -0.1) is 0 Å². The Balaban J connectivity index is 1.44. The Kier molecular flexibility index (Phi) is 7.77. The predicted molar refractivity (Wildman–Crippen MR) is 122 cm³/mol. The number of piperidine rings is 1. The van der Waals surface area contributed by atoms with Crippen molar-refractivity contribution in [1.82, 2.24) is 4.90 Å². The first-order valence-electron chi connectivity index (χ1n) is 10.6. The second kappa shape index (κ2) is 10.7. The van der Waals surface area contributed by atoms with Gasteiger partial charge >= 0.3 is 0 Å². The standard InChI is InChI=1S/C23H28N4O5/c1-16-18(7-5-8-20(16)27(30)31)24-22(28)12-15-26-13-10-17(11-14-26)23(29)25-19-6-3-4-9-21(19)32-2/h3-9,17H,10-15H2,1-2H3,(H,24,28)(H,25,29). The maximum absolute atomic E-state index is 12.6. The van der Waals surface area contributed by atoms with Crippen LogP contribution in [0, 0.1) is 23.0 Å². The smallest absolute Gasteiger partial charge is 0.274 e. The van der Waals surface area contributed by atoms with Gasteiger partial charge in [0.1, 0.15) is 5.75 Å². The number of nitrogens with one attached hydrogen (secondary N) is 2. The highest BCUT2D eigenvalue weighted by Crippen LogP contribution is 2.27. The van der Waals surface area contributed by atoms with E-state index in [2.05, 4.69) is 15.5 Å². The normalized spacial score (nSPS) is 14.6. The number of nitrogens with zero attached hydrogens (tertiary/aromatic N) is 2. The first-order valence-corrected chi connectivity index (χ1v) is 10.6. The Morgan fingerprint density at radius 3 is 2.47 bits per heavy atom. The summed E-state index contributed by atoms with van der Waals surface area (Å²) in [7, 11) is 1.57. The molecule has 1 fully saturated rings. The lowest BCUT2D eigenvalue weighted by molar-refractivity contribution is -0.385. The second-order valence-electron chi connectivity index (χ2n) is 7.81. The van der Waals surface area contributed by atoms with Crippen LogP contribution in [-0.2, 0) is 9.59 Å². The van der Waals surface area contributed by atoms with Gasteiger partial charge in [0.05, 0.1) is 29.0 Å². The van der Waals surface area contributed by atoms with Crippen molar-refractivity contribution in [3.8, 4) is 5.75 Å². The van der Waals surface area contributed by atoms with Gasteiger partial charge in [-0.2, -0.15) is 0 Å². The number of hydrogen-bond donors (Lipinski definition) is 2. The van der Waals surface area contributed by atoms with Gasteiger partial charge in [-0.05, 0) is 51.1 Å². The minimum Gasteiger partial charge on any atom is -0.495 e.